The number of hydrogen-bond donors (Lipinski definition) is 0. The first-order valence-electron chi connectivity index (χ1n) is 6.91. The molecule has 0 bridgehead atoms. The SMILES string of the molecule is CCOC(=O)C1CN(C)CC1c1ccc(OC(F)F)cc1. The number of halogens is 2. The highest BCUT2D eigenvalue weighted by atomic mass is 19.3. The van der Waals surface area contributed by atoms with Gasteiger partial charge in [-0.2, -0.15) is 8.78 Å². The summed E-state index contributed by atoms with van der Waals surface area (Å²) in [7, 11) is 1.94. The number of rotatable bonds is 5. The predicted octanol–water partition coefficient (Wildman–Crippen LogP) is 2.50. The van der Waals surface area contributed by atoms with Gasteiger partial charge in [0.15, 0.2) is 0 Å². The molecule has 2 unspecified atom stereocenters. The molecule has 1 aliphatic rings. The van der Waals surface area contributed by atoms with Gasteiger partial charge >= 0.3 is 12.6 Å². The minimum atomic E-state index is -2.83. The average Bonchev–Trinajstić information content (AvgIpc) is 2.81. The van der Waals surface area contributed by atoms with Crippen molar-refractivity contribution in [3.63, 3.8) is 0 Å². The third kappa shape index (κ3) is 3.91. The van der Waals surface area contributed by atoms with Crippen LogP contribution < -0.4 is 4.74 Å². The lowest BCUT2D eigenvalue weighted by molar-refractivity contribution is -0.147. The van der Waals surface area contributed by atoms with Gasteiger partial charge in [0.05, 0.1) is 12.5 Å². The van der Waals surface area contributed by atoms with E-state index in [2.05, 4.69) is 9.64 Å². The maximum atomic E-state index is 12.1. The van der Waals surface area contributed by atoms with Crippen molar-refractivity contribution in [1.82, 2.24) is 4.90 Å². The van der Waals surface area contributed by atoms with Crippen LogP contribution >= 0.6 is 0 Å². The molecule has 1 fully saturated rings. The fraction of sp³-hybridized carbons (Fsp3) is 0.533. The maximum absolute atomic E-state index is 12.1. The fourth-order valence-corrected chi connectivity index (χ4v) is 2.72. The number of carbonyl (C=O) groups is 1. The molecule has 0 aromatic heterocycles. The highest BCUT2D eigenvalue weighted by Gasteiger charge is 2.37. The van der Waals surface area contributed by atoms with E-state index in [4.69, 9.17) is 4.74 Å². The molecule has 2 atom stereocenters. The summed E-state index contributed by atoms with van der Waals surface area (Å²) in [5.74, 6) is -0.306. The van der Waals surface area contributed by atoms with Crippen LogP contribution in [0.25, 0.3) is 0 Å². The molecule has 1 aliphatic heterocycles. The van der Waals surface area contributed by atoms with Crippen LogP contribution in [0.15, 0.2) is 24.3 Å². The van der Waals surface area contributed by atoms with Crippen molar-refractivity contribution >= 4 is 5.97 Å². The van der Waals surface area contributed by atoms with Gasteiger partial charge in [0.25, 0.3) is 0 Å². The number of likely N-dealkylation sites (N-methyl/N-ethyl adjacent to an activating group) is 1. The molecule has 1 aromatic rings. The van der Waals surface area contributed by atoms with Gasteiger partial charge in [0.1, 0.15) is 5.75 Å². The minimum Gasteiger partial charge on any atom is -0.466 e. The van der Waals surface area contributed by atoms with Crippen molar-refractivity contribution in [3.05, 3.63) is 29.8 Å². The van der Waals surface area contributed by atoms with E-state index in [-0.39, 0.29) is 23.6 Å². The van der Waals surface area contributed by atoms with E-state index in [1.165, 1.54) is 12.1 Å². The summed E-state index contributed by atoms with van der Waals surface area (Å²) >= 11 is 0. The molecule has 0 radical (unpaired) electrons. The number of benzene rings is 1. The zero-order valence-electron chi connectivity index (χ0n) is 12.1. The minimum absolute atomic E-state index is 0.00894. The number of carbonyl (C=O) groups excluding carboxylic acids is 1. The van der Waals surface area contributed by atoms with Gasteiger partial charge in [0.2, 0.25) is 0 Å². The molecule has 0 amide bonds. The predicted molar refractivity (Wildman–Crippen MR) is 73.4 cm³/mol. The van der Waals surface area contributed by atoms with Crippen molar-refractivity contribution in [2.75, 3.05) is 26.7 Å². The number of ether oxygens (including phenoxy) is 2. The van der Waals surface area contributed by atoms with Crippen molar-refractivity contribution in [1.29, 1.82) is 0 Å². The molecule has 2 rings (SSSR count). The molecule has 0 aliphatic carbocycles. The Morgan fingerprint density at radius 2 is 2.00 bits per heavy atom. The van der Waals surface area contributed by atoms with Crippen LogP contribution in [-0.4, -0.2) is 44.2 Å². The molecule has 0 spiro atoms. The summed E-state index contributed by atoms with van der Waals surface area (Å²) in [6.45, 7) is 0.674. The van der Waals surface area contributed by atoms with Gasteiger partial charge in [0, 0.05) is 19.0 Å². The van der Waals surface area contributed by atoms with Crippen molar-refractivity contribution in [3.8, 4) is 5.75 Å². The van der Waals surface area contributed by atoms with Crippen LogP contribution in [0.4, 0.5) is 8.78 Å². The summed E-state index contributed by atoms with van der Waals surface area (Å²) in [6, 6.07) is 6.46. The molecular formula is C15H19F2NO3. The van der Waals surface area contributed by atoms with Crippen LogP contribution in [0, 0.1) is 5.92 Å². The number of nitrogens with zero attached hydrogens (tertiary/aromatic N) is 1. The van der Waals surface area contributed by atoms with Crippen molar-refractivity contribution < 1.29 is 23.0 Å². The first-order chi connectivity index (χ1) is 10.0. The Kier molecular flexibility index (Phi) is 5.12. The third-order valence-corrected chi connectivity index (χ3v) is 3.63. The van der Waals surface area contributed by atoms with E-state index in [1.807, 2.05) is 7.05 Å². The molecule has 0 saturated carbocycles. The quantitative estimate of drug-likeness (QED) is 0.783. The van der Waals surface area contributed by atoms with E-state index in [9.17, 15) is 13.6 Å². The Balaban J connectivity index is 2.13. The van der Waals surface area contributed by atoms with Crippen LogP contribution in [0.1, 0.15) is 18.4 Å². The lowest BCUT2D eigenvalue weighted by atomic mass is 9.89. The lowest BCUT2D eigenvalue weighted by Gasteiger charge is -2.17. The molecule has 1 heterocycles. The summed E-state index contributed by atoms with van der Waals surface area (Å²) in [4.78, 5) is 14.1. The first kappa shape index (κ1) is 15.7. The molecule has 116 valence electrons. The number of alkyl halides is 2. The normalized spacial score (nSPS) is 22.5. The smallest absolute Gasteiger partial charge is 0.387 e. The zero-order chi connectivity index (χ0) is 15.4. The molecular weight excluding hydrogens is 280 g/mol. The Morgan fingerprint density at radius 1 is 1.33 bits per heavy atom. The number of esters is 1. The third-order valence-electron chi connectivity index (χ3n) is 3.63. The fourth-order valence-electron chi connectivity index (χ4n) is 2.72. The first-order valence-corrected chi connectivity index (χ1v) is 6.91. The van der Waals surface area contributed by atoms with E-state index >= 15 is 0 Å². The van der Waals surface area contributed by atoms with Crippen LogP contribution in [0.2, 0.25) is 0 Å². The van der Waals surface area contributed by atoms with E-state index in [1.54, 1.807) is 19.1 Å². The van der Waals surface area contributed by atoms with E-state index < -0.39 is 6.61 Å². The largest absolute Gasteiger partial charge is 0.466 e. The van der Waals surface area contributed by atoms with Crippen LogP contribution in [0.5, 0.6) is 5.75 Å². The van der Waals surface area contributed by atoms with E-state index in [0.29, 0.717) is 13.2 Å². The summed E-state index contributed by atoms with van der Waals surface area (Å²) in [5.41, 5.74) is 0.930. The second-order valence-corrected chi connectivity index (χ2v) is 5.13. The molecule has 6 heteroatoms. The Morgan fingerprint density at radius 3 is 2.57 bits per heavy atom. The Hall–Kier alpha value is -1.69. The summed E-state index contributed by atoms with van der Waals surface area (Å²) < 4.78 is 33.7. The summed E-state index contributed by atoms with van der Waals surface area (Å²) in [6.07, 6.45) is 0. The van der Waals surface area contributed by atoms with Gasteiger partial charge in [-0.3, -0.25) is 4.79 Å². The van der Waals surface area contributed by atoms with Gasteiger partial charge < -0.3 is 14.4 Å². The van der Waals surface area contributed by atoms with Gasteiger partial charge in [-0.25, -0.2) is 0 Å². The molecule has 1 saturated heterocycles. The zero-order valence-corrected chi connectivity index (χ0v) is 12.1. The average molecular weight is 299 g/mol. The van der Waals surface area contributed by atoms with Crippen LogP contribution in [0.3, 0.4) is 0 Å². The highest BCUT2D eigenvalue weighted by Crippen LogP contribution is 2.33. The van der Waals surface area contributed by atoms with Gasteiger partial charge in [-0.05, 0) is 31.7 Å². The Labute approximate surface area is 122 Å². The standard InChI is InChI=1S/C15H19F2NO3/c1-3-20-14(19)13-9-18(2)8-12(13)10-4-6-11(7-5-10)21-15(16)17/h4-7,12-13,15H,3,8-9H2,1-2H3. The monoisotopic (exact) mass is 299 g/mol. The molecule has 4 nitrogen and oxygen atoms in total. The van der Waals surface area contributed by atoms with Crippen molar-refractivity contribution in [2.45, 2.75) is 19.5 Å². The van der Waals surface area contributed by atoms with Crippen molar-refractivity contribution in [2.24, 2.45) is 5.92 Å². The molecule has 1 aromatic carbocycles. The second-order valence-electron chi connectivity index (χ2n) is 5.13. The highest BCUT2D eigenvalue weighted by molar-refractivity contribution is 5.74. The van der Waals surface area contributed by atoms with Gasteiger partial charge in [-0.15, -0.1) is 0 Å². The Bertz CT molecular complexity index is 478. The molecule has 21 heavy (non-hydrogen) atoms. The lowest BCUT2D eigenvalue weighted by Crippen LogP contribution is -2.24. The second kappa shape index (κ2) is 6.85. The number of hydrogen-bond acceptors (Lipinski definition) is 4. The number of likely N-dealkylation sites (tertiary alicyclic amines) is 1. The summed E-state index contributed by atoms with van der Waals surface area (Å²) in [5, 5.41) is 0. The molecule has 0 N–H and O–H groups in total. The van der Waals surface area contributed by atoms with E-state index in [0.717, 1.165) is 12.1 Å². The maximum Gasteiger partial charge on any atom is 0.387 e. The van der Waals surface area contributed by atoms with Gasteiger partial charge in [-0.1, -0.05) is 12.1 Å². The topological polar surface area (TPSA) is 38.8 Å². The van der Waals surface area contributed by atoms with Crippen LogP contribution in [-0.2, 0) is 9.53 Å².